The second-order valence-corrected chi connectivity index (χ2v) is 8.69. The monoisotopic (exact) mass is 462 g/mol. The summed E-state index contributed by atoms with van der Waals surface area (Å²) in [6, 6.07) is 9.65. The number of esters is 1. The molecule has 0 amide bonds. The summed E-state index contributed by atoms with van der Waals surface area (Å²) in [4.78, 5) is 11.6. The van der Waals surface area contributed by atoms with Crippen LogP contribution in [0.4, 0.5) is 14.5 Å². The third kappa shape index (κ3) is 5.04. The number of carbonyl (C=O) groups is 1. The van der Waals surface area contributed by atoms with Crippen molar-refractivity contribution in [2.45, 2.75) is 45.1 Å². The number of halogens is 3. The standard InChI is InChI=1S/C24H25ClF2N2O3/c1-3-31-23(30)12-15-9-20(15)16-10-21(26)24(22(27)11-16)32-13-19-8-14(2)28-29(19)18-6-4-17(25)5-7-18/h4-7,10-11,15,19-20H,3,8-9,12-13H2,1-2H3. The summed E-state index contributed by atoms with van der Waals surface area (Å²) in [5.41, 5.74) is 2.29. The molecule has 0 radical (unpaired) electrons. The van der Waals surface area contributed by atoms with E-state index in [1.165, 1.54) is 12.1 Å². The van der Waals surface area contributed by atoms with Crippen LogP contribution in [0.3, 0.4) is 0 Å². The molecule has 1 fully saturated rings. The Kier molecular flexibility index (Phi) is 6.65. The number of benzene rings is 2. The summed E-state index contributed by atoms with van der Waals surface area (Å²) in [6.07, 6.45) is 1.61. The second-order valence-electron chi connectivity index (χ2n) is 8.25. The molecule has 1 aliphatic heterocycles. The van der Waals surface area contributed by atoms with Crippen LogP contribution in [0.5, 0.6) is 5.75 Å². The Morgan fingerprint density at radius 1 is 1.22 bits per heavy atom. The summed E-state index contributed by atoms with van der Waals surface area (Å²) in [5, 5.41) is 6.93. The minimum Gasteiger partial charge on any atom is -0.485 e. The average Bonchev–Trinajstić information content (AvgIpc) is 3.40. The third-order valence-electron chi connectivity index (χ3n) is 5.77. The molecule has 0 spiro atoms. The van der Waals surface area contributed by atoms with Crippen LogP contribution in [-0.4, -0.2) is 30.9 Å². The zero-order valence-corrected chi connectivity index (χ0v) is 18.7. The Morgan fingerprint density at radius 2 is 1.91 bits per heavy atom. The van der Waals surface area contributed by atoms with Gasteiger partial charge in [0.1, 0.15) is 6.61 Å². The van der Waals surface area contributed by atoms with E-state index in [0.717, 1.165) is 11.4 Å². The molecule has 0 aromatic heterocycles. The van der Waals surface area contributed by atoms with E-state index in [2.05, 4.69) is 5.10 Å². The van der Waals surface area contributed by atoms with Crippen LogP contribution < -0.4 is 9.75 Å². The van der Waals surface area contributed by atoms with Crippen LogP contribution >= 0.6 is 11.6 Å². The number of hydrogen-bond donors (Lipinski definition) is 0. The van der Waals surface area contributed by atoms with Crippen molar-refractivity contribution in [1.29, 1.82) is 0 Å². The zero-order valence-electron chi connectivity index (χ0n) is 18.0. The number of anilines is 1. The fraction of sp³-hybridized carbons (Fsp3) is 0.417. The molecule has 3 unspecified atom stereocenters. The number of nitrogens with zero attached hydrogens (tertiary/aromatic N) is 2. The first kappa shape index (κ1) is 22.5. The summed E-state index contributed by atoms with van der Waals surface area (Å²) < 4.78 is 40.0. The van der Waals surface area contributed by atoms with Crippen molar-refractivity contribution in [3.63, 3.8) is 0 Å². The van der Waals surface area contributed by atoms with E-state index in [4.69, 9.17) is 21.1 Å². The second kappa shape index (κ2) is 9.45. The van der Waals surface area contributed by atoms with E-state index in [-0.39, 0.29) is 36.9 Å². The van der Waals surface area contributed by atoms with Gasteiger partial charge in [-0.15, -0.1) is 0 Å². The lowest BCUT2D eigenvalue weighted by Crippen LogP contribution is -2.32. The molecule has 0 bridgehead atoms. The van der Waals surface area contributed by atoms with Gasteiger partial charge in [-0.1, -0.05) is 11.6 Å². The molecule has 32 heavy (non-hydrogen) atoms. The van der Waals surface area contributed by atoms with Gasteiger partial charge in [0.25, 0.3) is 0 Å². The minimum atomic E-state index is -0.740. The van der Waals surface area contributed by atoms with Crippen LogP contribution in [-0.2, 0) is 9.53 Å². The van der Waals surface area contributed by atoms with Gasteiger partial charge in [-0.05, 0) is 74.1 Å². The van der Waals surface area contributed by atoms with Crippen molar-refractivity contribution in [3.8, 4) is 5.75 Å². The molecule has 8 heteroatoms. The van der Waals surface area contributed by atoms with Crippen molar-refractivity contribution >= 4 is 29.0 Å². The van der Waals surface area contributed by atoms with Crippen molar-refractivity contribution in [3.05, 3.63) is 58.6 Å². The van der Waals surface area contributed by atoms with Gasteiger partial charge in [0.15, 0.2) is 17.4 Å². The maximum atomic E-state index is 14.7. The maximum Gasteiger partial charge on any atom is 0.306 e. The van der Waals surface area contributed by atoms with E-state index < -0.39 is 17.4 Å². The van der Waals surface area contributed by atoms with Gasteiger partial charge in [0.2, 0.25) is 0 Å². The van der Waals surface area contributed by atoms with E-state index in [9.17, 15) is 13.6 Å². The summed E-state index contributed by atoms with van der Waals surface area (Å²) in [7, 11) is 0. The Bertz CT molecular complexity index is 1010. The Labute approximate surface area is 191 Å². The van der Waals surface area contributed by atoms with E-state index >= 15 is 0 Å². The highest BCUT2D eigenvalue weighted by molar-refractivity contribution is 6.30. The van der Waals surface area contributed by atoms with Gasteiger partial charge in [-0.3, -0.25) is 9.80 Å². The van der Waals surface area contributed by atoms with Crippen molar-refractivity contribution < 1.29 is 23.0 Å². The van der Waals surface area contributed by atoms with Gasteiger partial charge < -0.3 is 9.47 Å². The fourth-order valence-electron chi connectivity index (χ4n) is 4.15. The first-order chi connectivity index (χ1) is 15.4. The van der Waals surface area contributed by atoms with Gasteiger partial charge in [0, 0.05) is 23.6 Å². The van der Waals surface area contributed by atoms with Gasteiger partial charge in [-0.25, -0.2) is 8.78 Å². The molecule has 0 saturated heterocycles. The third-order valence-corrected chi connectivity index (χ3v) is 6.02. The van der Waals surface area contributed by atoms with Crippen LogP contribution in [0, 0.1) is 17.6 Å². The Hall–Kier alpha value is -2.67. The first-order valence-corrected chi connectivity index (χ1v) is 11.1. The molecule has 2 aromatic rings. The lowest BCUT2D eigenvalue weighted by molar-refractivity contribution is -0.143. The highest BCUT2D eigenvalue weighted by atomic mass is 35.5. The largest absolute Gasteiger partial charge is 0.485 e. The fourth-order valence-corrected chi connectivity index (χ4v) is 4.28. The molecule has 1 aliphatic carbocycles. The highest BCUT2D eigenvalue weighted by Gasteiger charge is 2.41. The number of ether oxygens (including phenoxy) is 2. The zero-order chi connectivity index (χ0) is 22.8. The number of hydrazone groups is 1. The number of rotatable bonds is 8. The summed E-state index contributed by atoms with van der Waals surface area (Å²) >= 11 is 5.96. The van der Waals surface area contributed by atoms with Crippen molar-refractivity contribution in [1.82, 2.24) is 0 Å². The quantitative estimate of drug-likeness (QED) is 0.471. The first-order valence-electron chi connectivity index (χ1n) is 10.7. The normalized spacial score (nSPS) is 22.0. The Morgan fingerprint density at radius 3 is 2.56 bits per heavy atom. The Balaban J connectivity index is 1.40. The van der Waals surface area contributed by atoms with Gasteiger partial charge in [0.05, 0.1) is 18.3 Å². The molecular weight excluding hydrogens is 438 g/mol. The molecule has 1 saturated carbocycles. The van der Waals surface area contributed by atoms with Crippen molar-refractivity contribution in [2.24, 2.45) is 11.0 Å². The molecular formula is C24H25ClF2N2O3. The lowest BCUT2D eigenvalue weighted by atomic mass is 10.1. The van der Waals surface area contributed by atoms with Crippen LogP contribution in [0.15, 0.2) is 41.5 Å². The number of carbonyl (C=O) groups excluding carboxylic acids is 1. The smallest absolute Gasteiger partial charge is 0.306 e. The maximum absolute atomic E-state index is 14.7. The van der Waals surface area contributed by atoms with Gasteiger partial charge >= 0.3 is 5.97 Å². The van der Waals surface area contributed by atoms with E-state index in [1.54, 1.807) is 24.1 Å². The molecule has 5 nitrogen and oxygen atoms in total. The number of hydrogen-bond acceptors (Lipinski definition) is 5. The molecule has 2 aliphatic rings. The SMILES string of the molecule is CCOC(=O)CC1CC1c1cc(F)c(OCC2CC(C)=NN2c2ccc(Cl)cc2)c(F)c1. The molecule has 1 heterocycles. The van der Waals surface area contributed by atoms with Gasteiger partial charge in [-0.2, -0.15) is 5.10 Å². The molecule has 2 aromatic carbocycles. The summed E-state index contributed by atoms with van der Waals surface area (Å²) in [6.45, 7) is 4.05. The van der Waals surface area contributed by atoms with Crippen molar-refractivity contribution in [2.75, 3.05) is 18.2 Å². The molecule has 0 N–H and O–H groups in total. The predicted molar refractivity (Wildman–Crippen MR) is 119 cm³/mol. The van der Waals surface area contributed by atoms with Crippen LogP contribution in [0.2, 0.25) is 5.02 Å². The molecule has 170 valence electrons. The van der Waals surface area contributed by atoms with E-state index in [0.29, 0.717) is 30.0 Å². The predicted octanol–water partition coefficient (Wildman–Crippen LogP) is 5.71. The molecule has 3 atom stereocenters. The summed E-state index contributed by atoms with van der Waals surface area (Å²) in [5.74, 6) is -2.13. The average molecular weight is 463 g/mol. The molecule has 4 rings (SSSR count). The van der Waals surface area contributed by atoms with Crippen LogP contribution in [0.1, 0.15) is 44.6 Å². The van der Waals surface area contributed by atoms with E-state index in [1.807, 2.05) is 19.1 Å². The van der Waals surface area contributed by atoms with Crippen LogP contribution in [0.25, 0.3) is 0 Å². The lowest BCUT2D eigenvalue weighted by Gasteiger charge is -2.24. The highest BCUT2D eigenvalue weighted by Crippen LogP contribution is 2.50. The topological polar surface area (TPSA) is 51.1 Å². The minimum absolute atomic E-state index is 0.0382.